The molecule has 0 aliphatic carbocycles. The van der Waals surface area contributed by atoms with Crippen molar-refractivity contribution < 1.29 is 14.3 Å². The molecule has 17 heavy (non-hydrogen) atoms. The molecule has 0 aliphatic heterocycles. The molecular formula is C14H24O3. The summed E-state index contributed by atoms with van der Waals surface area (Å²) in [5, 5.41) is 0. The zero-order valence-corrected chi connectivity index (χ0v) is 11.0. The molecule has 0 saturated heterocycles. The number of carbonyl (C=O) groups excluding carboxylic acids is 2. The van der Waals surface area contributed by atoms with Crippen LogP contribution in [-0.2, 0) is 14.3 Å². The molecule has 0 radical (unpaired) electrons. The number of unbranched alkanes of at least 4 members (excludes halogenated alkanes) is 5. The number of hydrogen-bond acceptors (Lipinski definition) is 3. The van der Waals surface area contributed by atoms with Gasteiger partial charge in [-0.15, -0.1) is 0 Å². The molecule has 0 N–H and O–H groups in total. The summed E-state index contributed by atoms with van der Waals surface area (Å²) in [4.78, 5) is 21.9. The van der Waals surface area contributed by atoms with Gasteiger partial charge in [0, 0.05) is 6.42 Å². The maximum Gasteiger partial charge on any atom is 0.374 e. The van der Waals surface area contributed by atoms with Crippen molar-refractivity contribution in [2.45, 2.75) is 58.3 Å². The summed E-state index contributed by atoms with van der Waals surface area (Å²) in [6.07, 6.45) is 12.3. The van der Waals surface area contributed by atoms with E-state index in [1.54, 1.807) is 0 Å². The lowest BCUT2D eigenvalue weighted by Gasteiger charge is -2.00. The molecule has 0 unspecified atom stereocenters. The summed E-state index contributed by atoms with van der Waals surface area (Å²) in [5.41, 5.74) is 0. The number of ether oxygens (including phenoxy) is 1. The van der Waals surface area contributed by atoms with Crippen LogP contribution in [0, 0.1) is 0 Å². The number of methoxy groups -OCH3 is 1. The second kappa shape index (κ2) is 11.4. The average Bonchev–Trinajstić information content (AvgIpc) is 2.35. The van der Waals surface area contributed by atoms with Crippen LogP contribution < -0.4 is 0 Å². The molecule has 0 heterocycles. The molecule has 0 spiro atoms. The van der Waals surface area contributed by atoms with Gasteiger partial charge in [0.05, 0.1) is 7.11 Å². The summed E-state index contributed by atoms with van der Waals surface area (Å²) in [6, 6.07) is 0. The molecule has 0 aromatic rings. The van der Waals surface area contributed by atoms with Gasteiger partial charge < -0.3 is 4.74 Å². The molecule has 0 rings (SSSR count). The van der Waals surface area contributed by atoms with Crippen LogP contribution in [0.3, 0.4) is 0 Å². The van der Waals surface area contributed by atoms with Crippen LogP contribution in [0.5, 0.6) is 0 Å². The average molecular weight is 240 g/mol. The largest absolute Gasteiger partial charge is 0.463 e. The summed E-state index contributed by atoms with van der Waals surface area (Å²) < 4.78 is 4.35. The van der Waals surface area contributed by atoms with Crippen LogP contribution in [0.1, 0.15) is 58.3 Å². The number of carbonyl (C=O) groups is 2. The van der Waals surface area contributed by atoms with E-state index in [0.29, 0.717) is 6.42 Å². The van der Waals surface area contributed by atoms with Crippen molar-refractivity contribution in [1.29, 1.82) is 0 Å². The van der Waals surface area contributed by atoms with Crippen LogP contribution in [0.2, 0.25) is 0 Å². The number of allylic oxidation sites excluding steroid dienone is 2. The van der Waals surface area contributed by atoms with Crippen molar-refractivity contribution in [2.75, 3.05) is 7.11 Å². The fourth-order valence-electron chi connectivity index (χ4n) is 1.58. The van der Waals surface area contributed by atoms with Gasteiger partial charge >= 0.3 is 5.97 Å². The molecule has 3 heteroatoms. The molecule has 0 fully saturated rings. The van der Waals surface area contributed by atoms with E-state index in [1.807, 2.05) is 0 Å². The topological polar surface area (TPSA) is 43.4 Å². The monoisotopic (exact) mass is 240 g/mol. The Kier molecular flexibility index (Phi) is 10.6. The van der Waals surface area contributed by atoms with Crippen molar-refractivity contribution in [3.8, 4) is 0 Å². The van der Waals surface area contributed by atoms with Gasteiger partial charge in [0.2, 0.25) is 5.78 Å². The van der Waals surface area contributed by atoms with Crippen molar-refractivity contribution in [3.63, 3.8) is 0 Å². The van der Waals surface area contributed by atoms with Gasteiger partial charge in [0.1, 0.15) is 0 Å². The predicted octanol–water partition coefficient (Wildman–Crippen LogP) is 3.43. The van der Waals surface area contributed by atoms with Crippen molar-refractivity contribution in [3.05, 3.63) is 12.2 Å². The molecule has 0 amide bonds. The van der Waals surface area contributed by atoms with E-state index in [2.05, 4.69) is 23.8 Å². The Morgan fingerprint density at radius 2 is 1.65 bits per heavy atom. The van der Waals surface area contributed by atoms with Gasteiger partial charge in [-0.1, -0.05) is 38.3 Å². The van der Waals surface area contributed by atoms with Gasteiger partial charge in [0.15, 0.2) is 0 Å². The highest BCUT2D eigenvalue weighted by atomic mass is 16.5. The van der Waals surface area contributed by atoms with Crippen LogP contribution >= 0.6 is 0 Å². The zero-order chi connectivity index (χ0) is 12.9. The third-order valence-electron chi connectivity index (χ3n) is 2.59. The Balaban J connectivity index is 3.26. The summed E-state index contributed by atoms with van der Waals surface area (Å²) in [5.74, 6) is -1.12. The maximum absolute atomic E-state index is 11.1. The SMILES string of the molecule is CCC=CCCCCCCCC(=O)C(=O)OC. The summed E-state index contributed by atoms with van der Waals surface area (Å²) >= 11 is 0. The second-order valence-corrected chi connectivity index (χ2v) is 4.10. The van der Waals surface area contributed by atoms with E-state index in [-0.39, 0.29) is 0 Å². The summed E-state index contributed by atoms with van der Waals surface area (Å²) in [6.45, 7) is 2.13. The molecule has 0 aromatic heterocycles. The highest BCUT2D eigenvalue weighted by molar-refractivity contribution is 6.33. The van der Waals surface area contributed by atoms with Crippen molar-refractivity contribution in [1.82, 2.24) is 0 Å². The normalized spacial score (nSPS) is 10.7. The fourth-order valence-corrected chi connectivity index (χ4v) is 1.58. The lowest BCUT2D eigenvalue weighted by Crippen LogP contribution is -2.14. The second-order valence-electron chi connectivity index (χ2n) is 4.10. The highest BCUT2D eigenvalue weighted by Gasteiger charge is 2.12. The fraction of sp³-hybridized carbons (Fsp3) is 0.714. The lowest BCUT2D eigenvalue weighted by molar-refractivity contribution is -0.151. The van der Waals surface area contributed by atoms with Gasteiger partial charge in [-0.25, -0.2) is 4.79 Å². The first-order valence-corrected chi connectivity index (χ1v) is 6.48. The van der Waals surface area contributed by atoms with Gasteiger partial charge in [0.25, 0.3) is 0 Å². The standard InChI is InChI=1S/C14H24O3/c1-3-4-5-6-7-8-9-10-11-12-13(15)14(16)17-2/h4-5H,3,6-12H2,1-2H3. The Morgan fingerprint density at radius 1 is 1.00 bits per heavy atom. The molecule has 0 saturated carbocycles. The minimum Gasteiger partial charge on any atom is -0.463 e. The quantitative estimate of drug-likeness (QED) is 0.254. The van der Waals surface area contributed by atoms with Crippen LogP contribution in [0.4, 0.5) is 0 Å². The van der Waals surface area contributed by atoms with Crippen LogP contribution in [0.15, 0.2) is 12.2 Å². The third-order valence-corrected chi connectivity index (χ3v) is 2.59. The third kappa shape index (κ3) is 9.79. The van der Waals surface area contributed by atoms with Crippen molar-refractivity contribution in [2.24, 2.45) is 0 Å². The molecular weight excluding hydrogens is 216 g/mol. The van der Waals surface area contributed by atoms with E-state index < -0.39 is 11.8 Å². The van der Waals surface area contributed by atoms with E-state index >= 15 is 0 Å². The molecule has 0 aliphatic rings. The first-order valence-electron chi connectivity index (χ1n) is 6.48. The Labute approximate surface area is 104 Å². The molecule has 0 aromatic carbocycles. The van der Waals surface area contributed by atoms with E-state index in [9.17, 15) is 9.59 Å². The number of esters is 1. The smallest absolute Gasteiger partial charge is 0.374 e. The van der Waals surface area contributed by atoms with Gasteiger partial charge in [-0.2, -0.15) is 0 Å². The van der Waals surface area contributed by atoms with E-state index in [4.69, 9.17) is 0 Å². The molecule has 0 atom stereocenters. The predicted molar refractivity (Wildman–Crippen MR) is 68.8 cm³/mol. The van der Waals surface area contributed by atoms with E-state index in [1.165, 1.54) is 20.0 Å². The minimum absolute atomic E-state index is 0.322. The highest BCUT2D eigenvalue weighted by Crippen LogP contribution is 2.08. The number of ketones is 1. The van der Waals surface area contributed by atoms with Gasteiger partial charge in [-0.3, -0.25) is 4.79 Å². The Morgan fingerprint density at radius 3 is 2.29 bits per heavy atom. The van der Waals surface area contributed by atoms with Crippen molar-refractivity contribution >= 4 is 11.8 Å². The Bertz CT molecular complexity index is 244. The lowest BCUT2D eigenvalue weighted by atomic mass is 10.1. The number of hydrogen-bond donors (Lipinski definition) is 0. The van der Waals surface area contributed by atoms with Crippen LogP contribution in [-0.4, -0.2) is 18.9 Å². The number of rotatable bonds is 10. The number of Topliss-reactive ketones (excluding diaryl/α,β-unsaturated/α-hetero) is 1. The summed E-state index contributed by atoms with van der Waals surface area (Å²) in [7, 11) is 1.24. The minimum atomic E-state index is -0.713. The maximum atomic E-state index is 11.1. The van der Waals surface area contributed by atoms with E-state index in [0.717, 1.165) is 32.1 Å². The molecule has 3 nitrogen and oxygen atoms in total. The first-order chi connectivity index (χ1) is 8.22. The van der Waals surface area contributed by atoms with Gasteiger partial charge in [-0.05, 0) is 25.7 Å². The molecule has 0 bridgehead atoms. The zero-order valence-electron chi connectivity index (χ0n) is 11.0. The Hall–Kier alpha value is -1.12. The molecule has 98 valence electrons. The van der Waals surface area contributed by atoms with Crippen LogP contribution in [0.25, 0.3) is 0 Å². The first kappa shape index (κ1) is 15.9.